The first-order valence-electron chi connectivity index (χ1n) is 13.8. The summed E-state index contributed by atoms with van der Waals surface area (Å²) in [5.41, 5.74) is 3.12. The number of ketones is 1. The number of unbranched alkanes of at least 4 members (excludes halogenated alkanes) is 5. The van der Waals surface area contributed by atoms with Gasteiger partial charge >= 0.3 is 6.03 Å². The van der Waals surface area contributed by atoms with E-state index in [9.17, 15) is 18.0 Å². The molecule has 3 aromatic carbocycles. The molecule has 2 N–H and O–H groups in total. The van der Waals surface area contributed by atoms with Crippen LogP contribution >= 0.6 is 0 Å². The number of hydrogen-bond acceptors (Lipinski definition) is 4. The number of Topliss-reactive ketones (excluding diaryl/α,β-unsaturated/α-hetero) is 1. The van der Waals surface area contributed by atoms with E-state index in [4.69, 9.17) is 0 Å². The summed E-state index contributed by atoms with van der Waals surface area (Å²) in [4.78, 5) is 26.1. The second-order valence-electron chi connectivity index (χ2n) is 10.1. The van der Waals surface area contributed by atoms with E-state index in [2.05, 4.69) is 17.6 Å². The van der Waals surface area contributed by atoms with Gasteiger partial charge in [-0.2, -0.15) is 0 Å². The fourth-order valence-electron chi connectivity index (χ4n) is 4.41. The Morgan fingerprint density at radius 3 is 2.08 bits per heavy atom. The Balaban J connectivity index is 1.57. The van der Waals surface area contributed by atoms with Crippen molar-refractivity contribution in [2.75, 3.05) is 5.32 Å². The smallest absolute Gasteiger partial charge is 0.319 e. The SMILES string of the molecule is CCCCCCCCC(=O)[C@@H](Cc1ccccc1)NC(=O)Nc1ccc(CS(=O)(=O)c2ccc(C)cc2)cc1. The van der Waals surface area contributed by atoms with Crippen molar-refractivity contribution in [3.63, 3.8) is 0 Å². The van der Waals surface area contributed by atoms with E-state index in [-0.39, 0.29) is 16.4 Å². The van der Waals surface area contributed by atoms with Gasteiger partial charge in [-0.1, -0.05) is 99.2 Å². The van der Waals surface area contributed by atoms with Crippen molar-refractivity contribution in [1.82, 2.24) is 5.32 Å². The molecule has 0 radical (unpaired) electrons. The van der Waals surface area contributed by atoms with Crippen LogP contribution in [0.15, 0.2) is 83.8 Å². The number of anilines is 1. The highest BCUT2D eigenvalue weighted by molar-refractivity contribution is 7.90. The number of carbonyl (C=O) groups excluding carboxylic acids is 2. The second kappa shape index (κ2) is 15.2. The van der Waals surface area contributed by atoms with Gasteiger partial charge < -0.3 is 10.6 Å². The van der Waals surface area contributed by atoms with Crippen molar-refractivity contribution < 1.29 is 18.0 Å². The van der Waals surface area contributed by atoms with E-state index in [1.165, 1.54) is 19.3 Å². The highest BCUT2D eigenvalue weighted by Gasteiger charge is 2.21. The molecule has 39 heavy (non-hydrogen) atoms. The lowest BCUT2D eigenvalue weighted by Gasteiger charge is -2.19. The third-order valence-electron chi connectivity index (χ3n) is 6.70. The molecule has 1 atom stereocenters. The van der Waals surface area contributed by atoms with Gasteiger partial charge in [-0.3, -0.25) is 4.79 Å². The van der Waals surface area contributed by atoms with E-state index < -0.39 is 21.9 Å². The van der Waals surface area contributed by atoms with Gasteiger partial charge in [-0.25, -0.2) is 13.2 Å². The molecule has 0 heterocycles. The molecule has 0 aliphatic heterocycles. The molecule has 0 saturated carbocycles. The average molecular weight is 549 g/mol. The lowest BCUT2D eigenvalue weighted by Crippen LogP contribution is -2.44. The van der Waals surface area contributed by atoms with Crippen LogP contribution in [-0.2, 0) is 26.8 Å². The number of hydrogen-bond donors (Lipinski definition) is 2. The normalized spacial score (nSPS) is 12.1. The number of aryl methyl sites for hydroxylation is 1. The van der Waals surface area contributed by atoms with Crippen LogP contribution in [0, 0.1) is 6.92 Å². The van der Waals surface area contributed by atoms with E-state index in [0.29, 0.717) is 24.1 Å². The lowest BCUT2D eigenvalue weighted by molar-refractivity contribution is -0.120. The van der Waals surface area contributed by atoms with E-state index in [1.54, 1.807) is 48.5 Å². The van der Waals surface area contributed by atoms with E-state index in [0.717, 1.165) is 30.4 Å². The van der Waals surface area contributed by atoms with Crippen LogP contribution in [0.3, 0.4) is 0 Å². The van der Waals surface area contributed by atoms with Crippen LogP contribution in [0.2, 0.25) is 0 Å². The van der Waals surface area contributed by atoms with Gasteiger partial charge in [0.05, 0.1) is 16.7 Å². The van der Waals surface area contributed by atoms with Gasteiger partial charge in [0.15, 0.2) is 15.6 Å². The van der Waals surface area contributed by atoms with Gasteiger partial charge in [0.2, 0.25) is 0 Å². The van der Waals surface area contributed by atoms with Crippen molar-refractivity contribution in [2.24, 2.45) is 0 Å². The summed E-state index contributed by atoms with van der Waals surface area (Å²) < 4.78 is 25.5. The fraction of sp³-hybridized carbons (Fsp3) is 0.375. The average Bonchev–Trinajstić information content (AvgIpc) is 2.92. The number of benzene rings is 3. The van der Waals surface area contributed by atoms with Crippen molar-refractivity contribution in [2.45, 2.75) is 81.9 Å². The molecule has 0 aliphatic carbocycles. The first kappa shape index (κ1) is 30.1. The summed E-state index contributed by atoms with van der Waals surface area (Å²) in [6.07, 6.45) is 7.43. The molecular formula is C32H40N2O4S. The standard InChI is InChI=1S/C32H40N2O4S/c1-3-4-5-6-7-11-14-31(35)30(23-26-12-9-8-10-13-26)34-32(36)33-28-19-17-27(18-20-28)24-39(37,38)29-21-15-25(2)16-22-29/h8-10,12-13,15-22,30H,3-7,11,14,23-24H2,1-2H3,(H2,33,34,36)/t30-/m1/s1. The number of urea groups is 1. The Hall–Kier alpha value is -3.45. The van der Waals surface area contributed by atoms with Crippen LogP contribution in [0.5, 0.6) is 0 Å². The fourth-order valence-corrected chi connectivity index (χ4v) is 5.76. The number of carbonyl (C=O) groups is 2. The Bertz CT molecular complexity index is 1290. The van der Waals surface area contributed by atoms with Crippen molar-refractivity contribution in [3.05, 3.63) is 95.6 Å². The quantitative estimate of drug-likeness (QED) is 0.200. The molecule has 3 aromatic rings. The van der Waals surface area contributed by atoms with Crippen molar-refractivity contribution >= 4 is 27.3 Å². The second-order valence-corrected chi connectivity index (χ2v) is 12.1. The first-order chi connectivity index (χ1) is 18.8. The number of rotatable bonds is 15. The minimum atomic E-state index is -3.47. The Morgan fingerprint density at radius 1 is 0.769 bits per heavy atom. The molecule has 0 spiro atoms. The summed E-state index contributed by atoms with van der Waals surface area (Å²) in [7, 11) is -3.47. The van der Waals surface area contributed by atoms with Crippen LogP contribution in [0.1, 0.15) is 68.6 Å². The molecule has 0 aromatic heterocycles. The molecule has 0 fully saturated rings. The number of nitrogens with one attached hydrogen (secondary N) is 2. The maximum Gasteiger partial charge on any atom is 0.319 e. The van der Waals surface area contributed by atoms with Gasteiger partial charge in [0.25, 0.3) is 0 Å². The largest absolute Gasteiger partial charge is 0.328 e. The summed E-state index contributed by atoms with van der Waals surface area (Å²) in [5, 5.41) is 5.64. The molecule has 0 saturated heterocycles. The number of amides is 2. The van der Waals surface area contributed by atoms with Crippen LogP contribution < -0.4 is 10.6 Å². The van der Waals surface area contributed by atoms with E-state index >= 15 is 0 Å². The highest BCUT2D eigenvalue weighted by atomic mass is 32.2. The van der Waals surface area contributed by atoms with Crippen LogP contribution in [0.4, 0.5) is 10.5 Å². The molecule has 3 rings (SSSR count). The van der Waals surface area contributed by atoms with E-state index in [1.807, 2.05) is 37.3 Å². The Morgan fingerprint density at radius 2 is 1.41 bits per heavy atom. The first-order valence-corrected chi connectivity index (χ1v) is 15.4. The zero-order valence-electron chi connectivity index (χ0n) is 23.0. The minimum absolute atomic E-state index is 0.0288. The van der Waals surface area contributed by atoms with Gasteiger partial charge in [0.1, 0.15) is 0 Å². The lowest BCUT2D eigenvalue weighted by atomic mass is 9.98. The molecular weight excluding hydrogens is 508 g/mol. The topological polar surface area (TPSA) is 92.3 Å². The van der Waals surface area contributed by atoms with Crippen molar-refractivity contribution in [3.8, 4) is 0 Å². The van der Waals surface area contributed by atoms with Gasteiger partial charge in [0, 0.05) is 12.1 Å². The molecule has 7 heteroatoms. The van der Waals surface area contributed by atoms with Crippen LogP contribution in [-0.4, -0.2) is 26.3 Å². The predicted octanol–water partition coefficient (Wildman–Crippen LogP) is 7.02. The maximum atomic E-state index is 13.0. The highest BCUT2D eigenvalue weighted by Crippen LogP contribution is 2.19. The zero-order valence-corrected chi connectivity index (χ0v) is 23.8. The minimum Gasteiger partial charge on any atom is -0.328 e. The third-order valence-corrected chi connectivity index (χ3v) is 8.41. The maximum absolute atomic E-state index is 13.0. The summed E-state index contributed by atoms with van der Waals surface area (Å²) >= 11 is 0. The Labute approximate surface area is 233 Å². The monoisotopic (exact) mass is 548 g/mol. The van der Waals surface area contributed by atoms with Gasteiger partial charge in [-0.05, 0) is 55.2 Å². The van der Waals surface area contributed by atoms with Crippen molar-refractivity contribution in [1.29, 1.82) is 0 Å². The molecule has 0 aliphatic rings. The van der Waals surface area contributed by atoms with Gasteiger partial charge in [-0.15, -0.1) is 0 Å². The summed E-state index contributed by atoms with van der Waals surface area (Å²) in [5.74, 6) is -0.101. The molecule has 0 unspecified atom stereocenters. The Kier molecular flexibility index (Phi) is 11.7. The summed E-state index contributed by atoms with van der Waals surface area (Å²) in [6.45, 7) is 4.09. The molecule has 0 bridgehead atoms. The van der Waals surface area contributed by atoms with Crippen LogP contribution in [0.25, 0.3) is 0 Å². The third kappa shape index (κ3) is 10.3. The molecule has 6 nitrogen and oxygen atoms in total. The molecule has 2 amide bonds. The number of sulfone groups is 1. The zero-order chi connectivity index (χ0) is 28.1. The molecule has 208 valence electrons. The predicted molar refractivity (Wildman–Crippen MR) is 158 cm³/mol. The summed E-state index contributed by atoms with van der Waals surface area (Å²) in [6, 6.07) is 22.1.